The zero-order chi connectivity index (χ0) is 12.7. The minimum Gasteiger partial charge on any atom is -0.366 e. The molecule has 0 aromatic heterocycles. The molecule has 0 atom stereocenters. The van der Waals surface area contributed by atoms with E-state index in [0.29, 0.717) is 0 Å². The molecule has 0 aliphatic rings. The van der Waals surface area contributed by atoms with Crippen LogP contribution in [0, 0.1) is 0 Å². The fourth-order valence-electron chi connectivity index (χ4n) is 0.690. The second-order valence-electron chi connectivity index (χ2n) is 2.75. The molecule has 0 saturated heterocycles. The van der Waals surface area contributed by atoms with E-state index in [-0.39, 0.29) is 11.4 Å². The van der Waals surface area contributed by atoms with E-state index in [1.54, 1.807) is 0 Å². The topological polar surface area (TPSA) is 101 Å². The Hall–Kier alpha value is -2.37. The van der Waals surface area contributed by atoms with E-state index in [2.05, 4.69) is 23.8 Å². The lowest BCUT2D eigenvalue weighted by molar-refractivity contribution is -0.116. The van der Waals surface area contributed by atoms with Crippen LogP contribution in [0.3, 0.4) is 0 Å². The van der Waals surface area contributed by atoms with E-state index in [4.69, 9.17) is 5.73 Å². The molecule has 4 N–H and O–H groups in total. The minimum atomic E-state index is -0.760. The Balaban J connectivity index is 5.04. The fourth-order valence-corrected chi connectivity index (χ4v) is 0.690. The Kier molecular flexibility index (Phi) is 5.26. The van der Waals surface area contributed by atoms with Crippen molar-refractivity contribution in [2.45, 2.75) is 6.92 Å². The smallest absolute Gasteiger partial charge is 0.248 e. The average molecular weight is 223 g/mol. The molecule has 0 rings (SSSR count). The summed E-state index contributed by atoms with van der Waals surface area (Å²) in [6.07, 6.45) is 1.99. The second-order valence-corrected chi connectivity index (χ2v) is 2.75. The fraction of sp³-hybridized carbons (Fsp3) is 0.100. The number of carbonyl (C=O) groups is 3. The standard InChI is InChI=1S/C10H13N3O3/c1-4-7(14)12-10(6(3)9(11)16)13-8(15)5-2/h4-5H,1-2H2,3H3,(H2,11,16)(H,12,14)(H,13,15). The molecule has 6 heteroatoms. The van der Waals surface area contributed by atoms with E-state index in [1.165, 1.54) is 6.92 Å². The zero-order valence-corrected chi connectivity index (χ0v) is 8.87. The quantitative estimate of drug-likeness (QED) is 0.537. The van der Waals surface area contributed by atoms with Crippen LogP contribution in [0.5, 0.6) is 0 Å². The largest absolute Gasteiger partial charge is 0.366 e. The van der Waals surface area contributed by atoms with Gasteiger partial charge in [-0.05, 0) is 19.1 Å². The van der Waals surface area contributed by atoms with Crippen molar-refractivity contribution in [2.75, 3.05) is 0 Å². The Bertz CT molecular complexity index is 359. The Morgan fingerprint density at radius 1 is 1.06 bits per heavy atom. The van der Waals surface area contributed by atoms with Crippen LogP contribution in [0.2, 0.25) is 0 Å². The first kappa shape index (κ1) is 13.6. The van der Waals surface area contributed by atoms with Gasteiger partial charge in [-0.25, -0.2) is 0 Å². The van der Waals surface area contributed by atoms with Gasteiger partial charge in [-0.3, -0.25) is 14.4 Å². The van der Waals surface area contributed by atoms with Crippen molar-refractivity contribution >= 4 is 17.7 Å². The summed E-state index contributed by atoms with van der Waals surface area (Å²) >= 11 is 0. The van der Waals surface area contributed by atoms with Crippen LogP contribution in [-0.4, -0.2) is 17.7 Å². The maximum absolute atomic E-state index is 11.0. The lowest BCUT2D eigenvalue weighted by atomic mass is 10.3. The highest BCUT2D eigenvalue weighted by Gasteiger charge is 2.11. The molecule has 0 aliphatic heterocycles. The molecule has 0 heterocycles. The van der Waals surface area contributed by atoms with E-state index in [9.17, 15) is 14.4 Å². The number of rotatable bonds is 5. The summed E-state index contributed by atoms with van der Waals surface area (Å²) in [4.78, 5) is 32.9. The van der Waals surface area contributed by atoms with Crippen LogP contribution in [0.4, 0.5) is 0 Å². The van der Waals surface area contributed by atoms with E-state index in [1.807, 2.05) is 0 Å². The van der Waals surface area contributed by atoms with Crippen LogP contribution >= 0.6 is 0 Å². The van der Waals surface area contributed by atoms with Gasteiger partial charge in [0.05, 0.1) is 5.57 Å². The highest BCUT2D eigenvalue weighted by molar-refractivity contribution is 5.97. The number of amides is 3. The van der Waals surface area contributed by atoms with Crippen molar-refractivity contribution in [3.8, 4) is 0 Å². The summed E-state index contributed by atoms with van der Waals surface area (Å²) in [7, 11) is 0. The van der Waals surface area contributed by atoms with Gasteiger partial charge in [0.15, 0.2) is 0 Å². The van der Waals surface area contributed by atoms with Gasteiger partial charge >= 0.3 is 0 Å². The van der Waals surface area contributed by atoms with Gasteiger partial charge in [-0.1, -0.05) is 13.2 Å². The predicted molar refractivity (Wildman–Crippen MR) is 58.6 cm³/mol. The van der Waals surface area contributed by atoms with Gasteiger partial charge in [-0.2, -0.15) is 0 Å². The number of carbonyl (C=O) groups excluding carboxylic acids is 3. The maximum atomic E-state index is 11.0. The molecule has 16 heavy (non-hydrogen) atoms. The predicted octanol–water partition coefficient (Wildman–Crippen LogP) is -0.692. The molecule has 0 radical (unpaired) electrons. The van der Waals surface area contributed by atoms with Crippen LogP contribution in [0.25, 0.3) is 0 Å². The van der Waals surface area contributed by atoms with E-state index >= 15 is 0 Å². The van der Waals surface area contributed by atoms with Crippen molar-refractivity contribution in [3.05, 3.63) is 36.7 Å². The van der Waals surface area contributed by atoms with Crippen LogP contribution in [0.1, 0.15) is 6.92 Å². The third kappa shape index (κ3) is 4.23. The number of hydrogen-bond acceptors (Lipinski definition) is 3. The minimum absolute atomic E-state index is 0.0189. The normalized spacial score (nSPS) is 8.56. The van der Waals surface area contributed by atoms with Gasteiger partial charge < -0.3 is 16.4 Å². The van der Waals surface area contributed by atoms with Crippen molar-refractivity contribution in [1.82, 2.24) is 10.6 Å². The van der Waals surface area contributed by atoms with Gasteiger partial charge in [0.2, 0.25) is 17.7 Å². The first-order valence-corrected chi connectivity index (χ1v) is 4.29. The van der Waals surface area contributed by atoms with Crippen LogP contribution in [0.15, 0.2) is 36.7 Å². The molecule has 0 fully saturated rings. The molecule has 0 unspecified atom stereocenters. The van der Waals surface area contributed by atoms with Crippen molar-refractivity contribution in [3.63, 3.8) is 0 Å². The monoisotopic (exact) mass is 223 g/mol. The highest BCUT2D eigenvalue weighted by atomic mass is 16.2. The third-order valence-electron chi connectivity index (χ3n) is 1.61. The summed E-state index contributed by atoms with van der Waals surface area (Å²) in [5, 5.41) is 4.51. The van der Waals surface area contributed by atoms with Crippen molar-refractivity contribution < 1.29 is 14.4 Å². The second kappa shape index (κ2) is 6.18. The lowest BCUT2D eigenvalue weighted by Crippen LogP contribution is -2.36. The molecular formula is C10H13N3O3. The molecule has 0 saturated carbocycles. The number of primary amides is 1. The number of nitrogens with one attached hydrogen (secondary N) is 2. The molecule has 0 aromatic rings. The molecular weight excluding hydrogens is 210 g/mol. The summed E-state index contributed by atoms with van der Waals surface area (Å²) < 4.78 is 0. The van der Waals surface area contributed by atoms with E-state index < -0.39 is 17.7 Å². The van der Waals surface area contributed by atoms with Crippen molar-refractivity contribution in [1.29, 1.82) is 0 Å². The SMILES string of the molecule is C=CC(=O)NC(NC(=O)C=C)=C(C)C(N)=O. The zero-order valence-electron chi connectivity index (χ0n) is 8.87. The molecule has 0 aliphatic carbocycles. The molecule has 6 nitrogen and oxygen atoms in total. The van der Waals surface area contributed by atoms with Gasteiger partial charge in [0.1, 0.15) is 5.82 Å². The Morgan fingerprint density at radius 2 is 1.44 bits per heavy atom. The number of hydrogen-bond donors (Lipinski definition) is 3. The van der Waals surface area contributed by atoms with Crippen LogP contribution in [-0.2, 0) is 14.4 Å². The maximum Gasteiger partial charge on any atom is 0.248 e. The lowest BCUT2D eigenvalue weighted by Gasteiger charge is -2.11. The molecule has 3 amide bonds. The number of nitrogens with two attached hydrogens (primary N) is 1. The molecule has 0 aromatic carbocycles. The third-order valence-corrected chi connectivity index (χ3v) is 1.61. The summed E-state index contributed by atoms with van der Waals surface area (Å²) in [5.74, 6) is -1.98. The molecule has 86 valence electrons. The van der Waals surface area contributed by atoms with Crippen molar-refractivity contribution in [2.24, 2.45) is 5.73 Å². The van der Waals surface area contributed by atoms with Gasteiger partial charge in [-0.15, -0.1) is 0 Å². The van der Waals surface area contributed by atoms with Gasteiger partial charge in [0.25, 0.3) is 0 Å². The molecule has 0 spiro atoms. The Morgan fingerprint density at radius 3 is 1.69 bits per heavy atom. The van der Waals surface area contributed by atoms with Gasteiger partial charge in [0, 0.05) is 0 Å². The first-order chi connectivity index (χ1) is 7.42. The first-order valence-electron chi connectivity index (χ1n) is 4.29. The van der Waals surface area contributed by atoms with Crippen LogP contribution < -0.4 is 16.4 Å². The molecule has 0 bridgehead atoms. The average Bonchev–Trinajstić information content (AvgIpc) is 2.26. The Labute approximate surface area is 92.9 Å². The summed E-state index contributed by atoms with van der Waals surface area (Å²) in [6, 6.07) is 0. The summed E-state index contributed by atoms with van der Waals surface area (Å²) in [6.45, 7) is 7.83. The summed E-state index contributed by atoms with van der Waals surface area (Å²) in [5.41, 5.74) is 5.04. The van der Waals surface area contributed by atoms with E-state index in [0.717, 1.165) is 12.2 Å². The highest BCUT2D eigenvalue weighted by Crippen LogP contribution is 1.97.